The zero-order valence-corrected chi connectivity index (χ0v) is 12.2. The number of nitrogens with zero attached hydrogens (tertiary/aromatic N) is 2. The Kier molecular flexibility index (Phi) is 4.65. The van der Waals surface area contributed by atoms with Crippen LogP contribution >= 0.6 is 0 Å². The maximum absolute atomic E-state index is 5.83. The quantitative estimate of drug-likeness (QED) is 0.645. The molecule has 0 bridgehead atoms. The molecule has 0 aromatic carbocycles. The average Bonchev–Trinajstić information content (AvgIpc) is 2.47. The fraction of sp³-hybridized carbons (Fsp3) is 0.286. The first-order valence-corrected chi connectivity index (χ1v) is 6.82. The largest absolute Gasteiger partial charge is 0.421 e. The van der Waals surface area contributed by atoms with E-state index < -0.39 is 0 Å². The zero-order valence-electron chi connectivity index (χ0n) is 12.2. The fourth-order valence-corrected chi connectivity index (χ4v) is 1.74. The molecule has 112 valence electrons. The molecule has 0 aliphatic carbocycles. The number of ether oxygens (including phenoxy) is 1. The minimum absolute atomic E-state index is 0.417. The lowest BCUT2D eigenvalue weighted by molar-refractivity contribution is 0.446. The molecule has 7 heteroatoms. The van der Waals surface area contributed by atoms with Crippen LogP contribution in [0.2, 0.25) is 0 Å². The van der Waals surface area contributed by atoms with Crippen molar-refractivity contribution in [1.82, 2.24) is 9.97 Å². The Balaban J connectivity index is 2.21. The maximum Gasteiger partial charge on any atom is 0.223 e. The van der Waals surface area contributed by atoms with Gasteiger partial charge in [0.25, 0.3) is 0 Å². The molecule has 0 saturated heterocycles. The van der Waals surface area contributed by atoms with E-state index in [0.717, 1.165) is 13.1 Å². The number of nitrogens with one attached hydrogen (secondary N) is 2. The van der Waals surface area contributed by atoms with Crippen molar-refractivity contribution >= 4 is 23.0 Å². The second-order valence-electron chi connectivity index (χ2n) is 4.34. The van der Waals surface area contributed by atoms with Gasteiger partial charge in [-0.15, -0.1) is 0 Å². The van der Waals surface area contributed by atoms with Crippen LogP contribution in [0.5, 0.6) is 11.8 Å². The van der Waals surface area contributed by atoms with Gasteiger partial charge in [-0.05, 0) is 26.0 Å². The van der Waals surface area contributed by atoms with Crippen molar-refractivity contribution in [3.8, 4) is 11.8 Å². The van der Waals surface area contributed by atoms with Crippen LogP contribution in [0.25, 0.3) is 0 Å². The van der Waals surface area contributed by atoms with Crippen molar-refractivity contribution in [3.05, 3.63) is 24.3 Å². The number of hydrogen-bond donors (Lipinski definition) is 4. The van der Waals surface area contributed by atoms with E-state index in [0.29, 0.717) is 34.8 Å². The predicted molar refractivity (Wildman–Crippen MR) is 85.7 cm³/mol. The van der Waals surface area contributed by atoms with Crippen molar-refractivity contribution in [2.24, 2.45) is 0 Å². The van der Waals surface area contributed by atoms with Gasteiger partial charge in [0.15, 0.2) is 11.6 Å². The van der Waals surface area contributed by atoms with Crippen LogP contribution in [-0.2, 0) is 0 Å². The molecule has 0 spiro atoms. The van der Waals surface area contributed by atoms with Crippen LogP contribution in [0.3, 0.4) is 0 Å². The molecular weight excluding hydrogens is 268 g/mol. The standard InChI is InChI=1S/C14H20N6O/c1-3-17-13-9(15)5-7-11(19-13)21-12-8-6-10(16)14(20-12)18-4-2/h5-8H,3-4,15-16H2,1-2H3,(H,17,19)(H,18,20). The summed E-state index contributed by atoms with van der Waals surface area (Å²) in [5.74, 6) is 2.02. The van der Waals surface area contributed by atoms with Gasteiger partial charge in [0.2, 0.25) is 11.8 Å². The maximum atomic E-state index is 5.83. The molecule has 0 aliphatic heterocycles. The average molecular weight is 288 g/mol. The topological polar surface area (TPSA) is 111 Å². The Morgan fingerprint density at radius 1 is 0.857 bits per heavy atom. The number of aromatic nitrogens is 2. The third-order valence-electron chi connectivity index (χ3n) is 2.70. The third kappa shape index (κ3) is 3.65. The summed E-state index contributed by atoms with van der Waals surface area (Å²) in [5, 5.41) is 6.15. The SMILES string of the molecule is CCNc1nc(Oc2ccc(N)c(NCC)n2)ccc1N. The number of rotatable bonds is 6. The van der Waals surface area contributed by atoms with Crippen LogP contribution in [0.4, 0.5) is 23.0 Å². The second-order valence-corrected chi connectivity index (χ2v) is 4.34. The van der Waals surface area contributed by atoms with E-state index in [4.69, 9.17) is 16.2 Å². The van der Waals surface area contributed by atoms with Crippen molar-refractivity contribution in [3.63, 3.8) is 0 Å². The highest BCUT2D eigenvalue weighted by Gasteiger charge is 2.07. The lowest BCUT2D eigenvalue weighted by atomic mass is 10.3. The van der Waals surface area contributed by atoms with Gasteiger partial charge in [-0.2, -0.15) is 9.97 Å². The molecule has 7 nitrogen and oxygen atoms in total. The molecule has 0 unspecified atom stereocenters. The summed E-state index contributed by atoms with van der Waals surface area (Å²) >= 11 is 0. The lowest BCUT2D eigenvalue weighted by Gasteiger charge is -2.11. The highest BCUT2D eigenvalue weighted by Crippen LogP contribution is 2.26. The third-order valence-corrected chi connectivity index (χ3v) is 2.70. The first-order chi connectivity index (χ1) is 10.1. The number of anilines is 4. The van der Waals surface area contributed by atoms with E-state index >= 15 is 0 Å². The summed E-state index contributed by atoms with van der Waals surface area (Å²) in [5.41, 5.74) is 12.8. The number of nitrogens with two attached hydrogens (primary N) is 2. The summed E-state index contributed by atoms with van der Waals surface area (Å²) in [4.78, 5) is 8.61. The molecule has 2 aromatic rings. The van der Waals surface area contributed by atoms with E-state index in [1.807, 2.05) is 13.8 Å². The van der Waals surface area contributed by atoms with Gasteiger partial charge >= 0.3 is 0 Å². The normalized spacial score (nSPS) is 10.2. The molecule has 2 aromatic heterocycles. The van der Waals surface area contributed by atoms with Gasteiger partial charge in [-0.25, -0.2) is 0 Å². The monoisotopic (exact) mass is 288 g/mol. The molecule has 0 fully saturated rings. The van der Waals surface area contributed by atoms with Crippen molar-refractivity contribution < 1.29 is 4.74 Å². The minimum Gasteiger partial charge on any atom is -0.421 e. The van der Waals surface area contributed by atoms with Crippen LogP contribution in [0, 0.1) is 0 Å². The molecule has 0 aliphatic rings. The molecule has 0 saturated carbocycles. The zero-order chi connectivity index (χ0) is 15.2. The summed E-state index contributed by atoms with van der Waals surface area (Å²) < 4.78 is 5.65. The summed E-state index contributed by atoms with van der Waals surface area (Å²) in [6.07, 6.45) is 0. The molecule has 0 radical (unpaired) electrons. The Bertz CT molecular complexity index is 563. The van der Waals surface area contributed by atoms with Crippen LogP contribution in [0.15, 0.2) is 24.3 Å². The van der Waals surface area contributed by atoms with E-state index in [9.17, 15) is 0 Å². The van der Waals surface area contributed by atoms with Gasteiger partial charge in [0.1, 0.15) is 0 Å². The number of pyridine rings is 2. The molecule has 0 amide bonds. The molecule has 0 atom stereocenters. The van der Waals surface area contributed by atoms with Crippen LogP contribution < -0.4 is 26.8 Å². The molecular formula is C14H20N6O. The van der Waals surface area contributed by atoms with Crippen LogP contribution in [0.1, 0.15) is 13.8 Å². The summed E-state index contributed by atoms with van der Waals surface area (Å²) in [6.45, 7) is 5.40. The highest BCUT2D eigenvalue weighted by atomic mass is 16.5. The Morgan fingerprint density at radius 2 is 1.29 bits per heavy atom. The van der Waals surface area contributed by atoms with Gasteiger partial charge < -0.3 is 26.8 Å². The molecule has 21 heavy (non-hydrogen) atoms. The van der Waals surface area contributed by atoms with Gasteiger partial charge in [0.05, 0.1) is 11.4 Å². The van der Waals surface area contributed by atoms with Crippen molar-refractivity contribution in [2.75, 3.05) is 35.2 Å². The highest BCUT2D eigenvalue weighted by molar-refractivity contribution is 5.63. The van der Waals surface area contributed by atoms with Crippen molar-refractivity contribution in [2.45, 2.75) is 13.8 Å². The lowest BCUT2D eigenvalue weighted by Crippen LogP contribution is -2.05. The Morgan fingerprint density at radius 3 is 1.67 bits per heavy atom. The smallest absolute Gasteiger partial charge is 0.223 e. The van der Waals surface area contributed by atoms with Crippen LogP contribution in [-0.4, -0.2) is 23.1 Å². The minimum atomic E-state index is 0.417. The number of nitrogen functional groups attached to an aromatic ring is 2. The van der Waals surface area contributed by atoms with E-state index in [2.05, 4.69) is 20.6 Å². The second kappa shape index (κ2) is 6.65. The Hall–Kier alpha value is -2.70. The van der Waals surface area contributed by atoms with Gasteiger partial charge in [0, 0.05) is 25.2 Å². The van der Waals surface area contributed by atoms with E-state index in [-0.39, 0.29) is 0 Å². The number of hydrogen-bond acceptors (Lipinski definition) is 7. The first kappa shape index (κ1) is 14.7. The van der Waals surface area contributed by atoms with Gasteiger partial charge in [-0.1, -0.05) is 0 Å². The van der Waals surface area contributed by atoms with Gasteiger partial charge in [-0.3, -0.25) is 0 Å². The molecule has 6 N–H and O–H groups in total. The van der Waals surface area contributed by atoms with Crippen molar-refractivity contribution in [1.29, 1.82) is 0 Å². The molecule has 2 heterocycles. The molecule has 2 rings (SSSR count). The Labute approximate surface area is 123 Å². The predicted octanol–water partition coefficient (Wildman–Crippen LogP) is 2.30. The first-order valence-electron chi connectivity index (χ1n) is 6.82. The van der Waals surface area contributed by atoms with E-state index in [1.54, 1.807) is 24.3 Å². The summed E-state index contributed by atoms with van der Waals surface area (Å²) in [6, 6.07) is 6.87. The summed E-state index contributed by atoms with van der Waals surface area (Å²) in [7, 11) is 0. The van der Waals surface area contributed by atoms with E-state index in [1.165, 1.54) is 0 Å². The fourth-order valence-electron chi connectivity index (χ4n) is 1.74.